The number of halogens is 1. The Labute approximate surface area is 186 Å². The van der Waals surface area contributed by atoms with Gasteiger partial charge in [-0.05, 0) is 0 Å². The van der Waals surface area contributed by atoms with Crippen LogP contribution in [-0.4, -0.2) is 68.8 Å². The Kier molecular flexibility index (Phi) is 7.51. The number of anilines is 1. The summed E-state index contributed by atoms with van der Waals surface area (Å²) in [6, 6.07) is 0. The predicted octanol–water partition coefficient (Wildman–Crippen LogP) is -0.592. The number of imidazole rings is 1. The Bertz CT molecular complexity index is 1240. The number of nitrogen functional groups attached to an aromatic ring is 1. The van der Waals surface area contributed by atoms with Crippen molar-refractivity contribution in [2.24, 2.45) is 0 Å². The molecule has 0 aromatic carbocycles. The minimum atomic E-state index is -5.76. The SMILES string of the molecule is Nc1nc2c(ncn2[C@@H]2O[C@H](COP(=O)(O)OP(=O)(O)OP(=O)(O)OO)C(O)[C@@H]2Cl)c(=O)[nH]1. The maximum atomic E-state index is 11.9. The largest absolute Gasteiger partial charge is 0.508 e. The molecule has 2 aromatic rings. The van der Waals surface area contributed by atoms with E-state index in [4.69, 9.17) is 32.2 Å². The summed E-state index contributed by atoms with van der Waals surface area (Å²) in [5.74, 6) is -0.244. The number of aromatic nitrogens is 4. The van der Waals surface area contributed by atoms with Crippen LogP contribution < -0.4 is 11.3 Å². The van der Waals surface area contributed by atoms with E-state index in [0.717, 1.165) is 6.33 Å². The molecule has 1 saturated heterocycles. The van der Waals surface area contributed by atoms with E-state index in [1.807, 2.05) is 0 Å². The molecule has 0 spiro atoms. The fourth-order valence-electron chi connectivity index (χ4n) is 2.68. The highest BCUT2D eigenvalue weighted by Gasteiger charge is 2.47. The lowest BCUT2D eigenvalue weighted by atomic mass is 10.2. The Hall–Kier alpha value is -1.27. The number of aliphatic hydroxyl groups excluding tert-OH is 1. The van der Waals surface area contributed by atoms with Gasteiger partial charge in [0.05, 0.1) is 12.9 Å². The van der Waals surface area contributed by atoms with Gasteiger partial charge in [0, 0.05) is 0 Å². The smallest absolute Gasteiger partial charge is 0.389 e. The van der Waals surface area contributed by atoms with Crippen LogP contribution in [0.25, 0.3) is 11.2 Å². The molecular formula is C10H15ClN5O14P3. The molecule has 3 rings (SSSR count). The van der Waals surface area contributed by atoms with Crippen LogP contribution in [0.1, 0.15) is 6.23 Å². The molecule has 1 aliphatic rings. The molecule has 1 aliphatic heterocycles. The number of alkyl halides is 1. The second-order valence-corrected chi connectivity index (χ2v) is 11.3. The van der Waals surface area contributed by atoms with Gasteiger partial charge < -0.3 is 30.3 Å². The number of rotatable bonds is 9. The normalized spacial score (nSPS) is 28.9. The molecule has 7 atom stereocenters. The van der Waals surface area contributed by atoms with E-state index in [1.165, 1.54) is 4.57 Å². The minimum Gasteiger partial charge on any atom is -0.389 e. The van der Waals surface area contributed by atoms with E-state index in [-0.39, 0.29) is 17.1 Å². The molecule has 2 aromatic heterocycles. The molecule has 0 bridgehead atoms. The zero-order valence-electron chi connectivity index (χ0n) is 15.6. The highest BCUT2D eigenvalue weighted by Crippen LogP contribution is 2.67. The van der Waals surface area contributed by atoms with Crippen LogP contribution in [0.5, 0.6) is 0 Å². The van der Waals surface area contributed by atoms with Crippen molar-refractivity contribution in [3.8, 4) is 0 Å². The van der Waals surface area contributed by atoms with Gasteiger partial charge in [0.25, 0.3) is 5.56 Å². The molecule has 23 heteroatoms. The highest BCUT2D eigenvalue weighted by molar-refractivity contribution is 7.66. The first kappa shape index (κ1) is 26.3. The Morgan fingerprint density at radius 2 is 1.85 bits per heavy atom. The monoisotopic (exact) mass is 557 g/mol. The molecule has 19 nitrogen and oxygen atoms in total. The summed E-state index contributed by atoms with van der Waals surface area (Å²) in [5.41, 5.74) is 4.68. The Morgan fingerprint density at radius 1 is 1.21 bits per heavy atom. The number of phosphoric ester groups is 1. The fraction of sp³-hybridized carbons (Fsp3) is 0.500. The van der Waals surface area contributed by atoms with Crippen molar-refractivity contribution in [2.45, 2.75) is 23.8 Å². The van der Waals surface area contributed by atoms with Gasteiger partial charge in [-0.1, -0.05) is 0 Å². The molecule has 8 N–H and O–H groups in total. The lowest BCUT2D eigenvalue weighted by Gasteiger charge is -2.19. The molecule has 33 heavy (non-hydrogen) atoms. The molecule has 0 aliphatic carbocycles. The predicted molar refractivity (Wildman–Crippen MR) is 103 cm³/mol. The van der Waals surface area contributed by atoms with E-state index in [9.17, 15) is 33.4 Å². The first-order chi connectivity index (χ1) is 15.1. The van der Waals surface area contributed by atoms with Gasteiger partial charge in [0.15, 0.2) is 17.4 Å². The number of H-pyrrole nitrogens is 1. The number of phosphoric acid groups is 3. The number of hydrogen-bond acceptors (Lipinski definition) is 14. The van der Waals surface area contributed by atoms with Gasteiger partial charge in [-0.15, -0.1) is 16.3 Å². The number of hydrogen-bond donors (Lipinski definition) is 7. The summed E-state index contributed by atoms with van der Waals surface area (Å²) in [6.45, 7) is -0.954. The number of aliphatic hydroxyl groups is 1. The standard InChI is InChI=1S/C10H15ClN5O14P3/c11-4-6(17)3(1-26-31(20,21)29-33(24,25)30-32(22,23)28-19)27-9(4)16-2-13-5-7(16)14-10(12)15-8(5)18/h2-4,6,9,17,19H,1H2,(H,20,21)(H,22,23)(H,24,25)(H3,12,14,15,18)/t3-,4+,6?,9-/m1/s1. The summed E-state index contributed by atoms with van der Waals surface area (Å²) >= 11 is 6.15. The third-order valence-electron chi connectivity index (χ3n) is 3.94. The Balaban J connectivity index is 1.71. The number of aromatic amines is 1. The lowest BCUT2D eigenvalue weighted by Crippen LogP contribution is -2.30. The number of fused-ring (bicyclic) bond motifs is 1. The van der Waals surface area contributed by atoms with Crippen LogP contribution in [0, 0.1) is 0 Å². The van der Waals surface area contributed by atoms with Crippen LogP contribution >= 0.6 is 35.1 Å². The van der Waals surface area contributed by atoms with Crippen molar-refractivity contribution < 1.29 is 61.3 Å². The van der Waals surface area contributed by atoms with Crippen molar-refractivity contribution in [3.05, 3.63) is 16.7 Å². The van der Waals surface area contributed by atoms with E-state index in [1.54, 1.807) is 0 Å². The molecule has 3 heterocycles. The number of ether oxygens (including phenoxy) is 1. The van der Waals surface area contributed by atoms with Crippen LogP contribution in [0.2, 0.25) is 0 Å². The zero-order valence-corrected chi connectivity index (χ0v) is 19.1. The molecule has 0 amide bonds. The summed E-state index contributed by atoms with van der Waals surface area (Å²) < 4.78 is 55.6. The van der Waals surface area contributed by atoms with Gasteiger partial charge in [0.1, 0.15) is 17.6 Å². The average Bonchev–Trinajstić information content (AvgIpc) is 3.20. The van der Waals surface area contributed by atoms with Crippen molar-refractivity contribution >= 4 is 52.2 Å². The van der Waals surface area contributed by atoms with Crippen molar-refractivity contribution in [3.63, 3.8) is 0 Å². The van der Waals surface area contributed by atoms with Crippen molar-refractivity contribution in [2.75, 3.05) is 12.3 Å². The molecule has 1 fully saturated rings. The minimum absolute atomic E-state index is 0.0465. The topological polar surface area (TPSA) is 288 Å². The van der Waals surface area contributed by atoms with E-state index in [2.05, 4.69) is 32.8 Å². The summed E-state index contributed by atoms with van der Waals surface area (Å²) in [4.78, 5) is 49.5. The molecule has 0 saturated carbocycles. The maximum Gasteiger partial charge on any atom is 0.508 e. The van der Waals surface area contributed by atoms with E-state index in [0.29, 0.717) is 0 Å². The summed E-state index contributed by atoms with van der Waals surface area (Å²) in [7, 11) is -16.7. The fourth-order valence-corrected chi connectivity index (χ4v) is 6.14. The van der Waals surface area contributed by atoms with E-state index >= 15 is 0 Å². The number of nitrogens with zero attached hydrogens (tertiary/aromatic N) is 3. The average molecular weight is 558 g/mol. The van der Waals surface area contributed by atoms with E-state index < -0.39 is 59.4 Å². The molecule has 0 radical (unpaired) electrons. The Morgan fingerprint density at radius 3 is 2.48 bits per heavy atom. The van der Waals surface area contributed by atoms with Crippen molar-refractivity contribution in [1.29, 1.82) is 0 Å². The van der Waals surface area contributed by atoms with Crippen LogP contribution in [0.15, 0.2) is 11.1 Å². The van der Waals surface area contributed by atoms with Gasteiger partial charge in [-0.3, -0.25) is 18.9 Å². The second kappa shape index (κ2) is 9.41. The molecular weight excluding hydrogens is 543 g/mol. The van der Waals surface area contributed by atoms with Crippen molar-refractivity contribution in [1.82, 2.24) is 19.5 Å². The van der Waals surface area contributed by atoms with Gasteiger partial charge >= 0.3 is 23.5 Å². The summed E-state index contributed by atoms with van der Waals surface area (Å²) in [6.07, 6.45) is -3.08. The van der Waals surface area contributed by atoms with Gasteiger partial charge in [0.2, 0.25) is 5.95 Å². The van der Waals surface area contributed by atoms with Crippen LogP contribution in [0.3, 0.4) is 0 Å². The number of nitrogens with two attached hydrogens (primary N) is 1. The van der Waals surface area contributed by atoms with Crippen LogP contribution in [-0.2, 0) is 36.3 Å². The molecule has 186 valence electrons. The third-order valence-corrected chi connectivity index (χ3v) is 8.39. The second-order valence-electron chi connectivity index (χ2n) is 6.22. The maximum absolute atomic E-state index is 11.9. The van der Waals surface area contributed by atoms with Gasteiger partial charge in [-0.25, -0.2) is 23.9 Å². The third kappa shape index (κ3) is 6.05. The molecule has 4 unspecified atom stereocenters. The van der Waals surface area contributed by atoms with Crippen LogP contribution in [0.4, 0.5) is 5.95 Å². The number of nitrogens with one attached hydrogen (secondary N) is 1. The van der Waals surface area contributed by atoms with Gasteiger partial charge in [-0.2, -0.15) is 13.6 Å². The summed E-state index contributed by atoms with van der Waals surface area (Å²) in [5, 5.41) is 17.1. The highest BCUT2D eigenvalue weighted by atomic mass is 35.5. The first-order valence-corrected chi connectivity index (χ1v) is 13.2. The quantitative estimate of drug-likeness (QED) is 0.0876. The lowest BCUT2D eigenvalue weighted by molar-refractivity contribution is -0.157. The first-order valence-electron chi connectivity index (χ1n) is 8.23. The zero-order chi connectivity index (χ0) is 24.8.